The van der Waals surface area contributed by atoms with Crippen LogP contribution in [0.1, 0.15) is 54.7 Å². The van der Waals surface area contributed by atoms with Gasteiger partial charge in [0.05, 0.1) is 0 Å². The second-order valence-corrected chi connectivity index (χ2v) is 7.07. The highest BCUT2D eigenvalue weighted by atomic mass is 16.2. The van der Waals surface area contributed by atoms with Gasteiger partial charge in [-0.3, -0.25) is 9.78 Å². The van der Waals surface area contributed by atoms with Crippen LogP contribution in [0.4, 0.5) is 0 Å². The topological polar surface area (TPSA) is 63.9 Å². The maximum Gasteiger partial charge on any atom is 0.254 e. The molecule has 1 saturated heterocycles. The minimum atomic E-state index is 0.104. The average Bonchev–Trinajstić information content (AvgIpc) is 3.19. The smallest absolute Gasteiger partial charge is 0.254 e. The van der Waals surface area contributed by atoms with Gasteiger partial charge < -0.3 is 9.47 Å². The van der Waals surface area contributed by atoms with Gasteiger partial charge in [-0.05, 0) is 36.8 Å². The highest BCUT2D eigenvalue weighted by Gasteiger charge is 2.53. The zero-order valence-corrected chi connectivity index (χ0v) is 14.1. The SMILES string of the molecule is CCCn1cnnc1C1CN(C(=O)c2ccncc2)CC12CCC2. The molecule has 6 heteroatoms. The van der Waals surface area contributed by atoms with Crippen molar-refractivity contribution in [2.45, 2.75) is 45.1 Å². The Labute approximate surface area is 141 Å². The minimum Gasteiger partial charge on any atom is -0.337 e. The first-order valence-corrected chi connectivity index (χ1v) is 8.80. The van der Waals surface area contributed by atoms with Crippen LogP contribution in [0.25, 0.3) is 0 Å². The Balaban J connectivity index is 1.61. The fourth-order valence-corrected chi connectivity index (χ4v) is 4.24. The van der Waals surface area contributed by atoms with Gasteiger partial charge in [0.15, 0.2) is 0 Å². The predicted molar refractivity (Wildman–Crippen MR) is 89.5 cm³/mol. The number of nitrogens with zero attached hydrogens (tertiary/aromatic N) is 5. The first-order valence-electron chi connectivity index (χ1n) is 8.80. The molecule has 1 aliphatic carbocycles. The molecule has 0 N–H and O–H groups in total. The van der Waals surface area contributed by atoms with E-state index >= 15 is 0 Å². The Morgan fingerprint density at radius 1 is 1.33 bits per heavy atom. The Bertz CT molecular complexity index is 722. The summed E-state index contributed by atoms with van der Waals surface area (Å²) in [6, 6.07) is 3.59. The molecule has 4 rings (SSSR count). The molecular weight excluding hydrogens is 302 g/mol. The van der Waals surface area contributed by atoms with E-state index in [4.69, 9.17) is 0 Å². The Morgan fingerprint density at radius 2 is 2.12 bits per heavy atom. The number of carbonyl (C=O) groups excluding carboxylic acids is 1. The van der Waals surface area contributed by atoms with Crippen molar-refractivity contribution in [2.24, 2.45) is 5.41 Å². The fourth-order valence-electron chi connectivity index (χ4n) is 4.24. The summed E-state index contributed by atoms with van der Waals surface area (Å²) < 4.78 is 2.17. The molecule has 2 aliphatic rings. The van der Waals surface area contributed by atoms with Gasteiger partial charge in [0.25, 0.3) is 5.91 Å². The van der Waals surface area contributed by atoms with Crippen molar-refractivity contribution in [3.05, 3.63) is 42.2 Å². The van der Waals surface area contributed by atoms with E-state index in [1.54, 1.807) is 24.5 Å². The lowest BCUT2D eigenvalue weighted by molar-refractivity contribution is 0.0723. The summed E-state index contributed by atoms with van der Waals surface area (Å²) in [4.78, 5) is 18.9. The van der Waals surface area contributed by atoms with Crippen LogP contribution in [0.5, 0.6) is 0 Å². The van der Waals surface area contributed by atoms with Crippen molar-refractivity contribution in [1.29, 1.82) is 0 Å². The predicted octanol–water partition coefficient (Wildman–Crippen LogP) is 2.49. The van der Waals surface area contributed by atoms with Gasteiger partial charge in [-0.1, -0.05) is 13.3 Å². The van der Waals surface area contributed by atoms with Crippen molar-refractivity contribution < 1.29 is 4.79 Å². The Hall–Kier alpha value is -2.24. The van der Waals surface area contributed by atoms with Gasteiger partial charge in [0.2, 0.25) is 0 Å². The van der Waals surface area contributed by atoms with Crippen LogP contribution >= 0.6 is 0 Å². The lowest BCUT2D eigenvalue weighted by atomic mass is 9.62. The van der Waals surface area contributed by atoms with E-state index in [9.17, 15) is 4.79 Å². The second kappa shape index (κ2) is 6.00. The Kier molecular flexibility index (Phi) is 3.82. The van der Waals surface area contributed by atoms with E-state index in [0.29, 0.717) is 5.92 Å². The molecule has 0 aromatic carbocycles. The van der Waals surface area contributed by atoms with E-state index in [1.807, 2.05) is 11.2 Å². The average molecular weight is 325 g/mol. The second-order valence-electron chi connectivity index (χ2n) is 7.07. The number of carbonyl (C=O) groups is 1. The fraction of sp³-hybridized carbons (Fsp3) is 0.556. The first-order chi connectivity index (χ1) is 11.7. The van der Waals surface area contributed by atoms with Gasteiger partial charge in [0.1, 0.15) is 12.2 Å². The molecule has 6 nitrogen and oxygen atoms in total. The number of amides is 1. The monoisotopic (exact) mass is 325 g/mol. The van der Waals surface area contributed by atoms with Crippen LogP contribution in [-0.4, -0.2) is 43.6 Å². The summed E-state index contributed by atoms with van der Waals surface area (Å²) in [7, 11) is 0. The standard InChI is InChI=1S/C18H23N5O/c1-2-10-22-13-20-21-16(22)15-11-23(12-18(15)6-3-7-18)17(24)14-4-8-19-9-5-14/h4-5,8-9,13,15H,2-3,6-7,10-12H2,1H3. The molecule has 1 saturated carbocycles. The number of pyridine rings is 1. The third-order valence-electron chi connectivity index (χ3n) is 5.63. The maximum absolute atomic E-state index is 12.9. The molecule has 3 heterocycles. The Morgan fingerprint density at radius 3 is 2.79 bits per heavy atom. The van der Waals surface area contributed by atoms with Crippen molar-refractivity contribution >= 4 is 5.91 Å². The van der Waals surface area contributed by atoms with Crippen LogP contribution in [0, 0.1) is 5.41 Å². The highest BCUT2D eigenvalue weighted by molar-refractivity contribution is 5.94. The summed E-state index contributed by atoms with van der Waals surface area (Å²) in [5, 5.41) is 8.56. The lowest BCUT2D eigenvalue weighted by Crippen LogP contribution is -2.38. The van der Waals surface area contributed by atoms with Crippen LogP contribution < -0.4 is 0 Å². The van der Waals surface area contributed by atoms with E-state index in [0.717, 1.165) is 37.4 Å². The van der Waals surface area contributed by atoms with E-state index in [1.165, 1.54) is 19.3 Å². The number of rotatable bonds is 4. The minimum absolute atomic E-state index is 0.104. The van der Waals surface area contributed by atoms with Crippen LogP contribution in [0.2, 0.25) is 0 Å². The maximum atomic E-state index is 12.9. The normalized spacial score (nSPS) is 21.9. The van der Waals surface area contributed by atoms with Gasteiger partial charge >= 0.3 is 0 Å². The zero-order chi connectivity index (χ0) is 16.6. The molecule has 1 spiro atoms. The van der Waals surface area contributed by atoms with Gasteiger partial charge in [-0.2, -0.15) is 0 Å². The third kappa shape index (κ3) is 2.41. The van der Waals surface area contributed by atoms with E-state index in [2.05, 4.69) is 26.7 Å². The first kappa shape index (κ1) is 15.3. The summed E-state index contributed by atoms with van der Waals surface area (Å²) >= 11 is 0. The highest BCUT2D eigenvalue weighted by Crippen LogP contribution is 2.55. The summed E-state index contributed by atoms with van der Waals surface area (Å²) in [5.74, 6) is 1.46. The van der Waals surface area contributed by atoms with Crippen molar-refractivity contribution in [3.8, 4) is 0 Å². The molecule has 2 aromatic rings. The molecule has 0 bridgehead atoms. The van der Waals surface area contributed by atoms with Crippen molar-refractivity contribution in [3.63, 3.8) is 0 Å². The molecule has 1 atom stereocenters. The quantitative estimate of drug-likeness (QED) is 0.866. The number of aryl methyl sites for hydroxylation is 1. The molecular formula is C18H23N5O. The largest absolute Gasteiger partial charge is 0.337 e. The molecule has 1 unspecified atom stereocenters. The lowest BCUT2D eigenvalue weighted by Gasteiger charge is -2.42. The van der Waals surface area contributed by atoms with Gasteiger partial charge in [0, 0.05) is 43.5 Å². The number of aromatic nitrogens is 4. The van der Waals surface area contributed by atoms with E-state index < -0.39 is 0 Å². The number of likely N-dealkylation sites (tertiary alicyclic amines) is 1. The number of hydrogen-bond donors (Lipinski definition) is 0. The molecule has 2 aromatic heterocycles. The van der Waals surface area contributed by atoms with E-state index in [-0.39, 0.29) is 11.3 Å². The van der Waals surface area contributed by atoms with Crippen molar-refractivity contribution in [1.82, 2.24) is 24.6 Å². The van der Waals surface area contributed by atoms with Crippen LogP contribution in [0.3, 0.4) is 0 Å². The van der Waals surface area contributed by atoms with Gasteiger partial charge in [-0.15, -0.1) is 10.2 Å². The number of hydrogen-bond acceptors (Lipinski definition) is 4. The van der Waals surface area contributed by atoms with Crippen molar-refractivity contribution in [2.75, 3.05) is 13.1 Å². The van der Waals surface area contributed by atoms with Gasteiger partial charge in [-0.25, -0.2) is 0 Å². The summed E-state index contributed by atoms with van der Waals surface area (Å²) in [6.45, 7) is 4.67. The zero-order valence-electron chi connectivity index (χ0n) is 14.1. The molecule has 1 amide bonds. The molecule has 2 fully saturated rings. The molecule has 126 valence electrons. The van der Waals surface area contributed by atoms with Crippen LogP contribution in [0.15, 0.2) is 30.9 Å². The molecule has 0 radical (unpaired) electrons. The third-order valence-corrected chi connectivity index (χ3v) is 5.63. The summed E-state index contributed by atoms with van der Waals surface area (Å²) in [5.41, 5.74) is 0.913. The molecule has 1 aliphatic heterocycles. The molecule has 24 heavy (non-hydrogen) atoms. The van der Waals surface area contributed by atoms with Crippen LogP contribution in [-0.2, 0) is 6.54 Å². The summed E-state index contributed by atoms with van der Waals surface area (Å²) in [6.07, 6.45) is 9.85.